The molecule has 0 aromatic carbocycles. The molecule has 0 saturated heterocycles. The van der Waals surface area contributed by atoms with Crippen LogP contribution in [-0.2, 0) is 9.59 Å². The third kappa shape index (κ3) is 8.37. The minimum atomic E-state index is -0.910. The molecule has 0 aliphatic carbocycles. The summed E-state index contributed by atoms with van der Waals surface area (Å²) in [6.07, 6.45) is 0.354. The van der Waals surface area contributed by atoms with E-state index in [1.807, 2.05) is 0 Å². The van der Waals surface area contributed by atoms with Gasteiger partial charge in [-0.2, -0.15) is 0 Å². The van der Waals surface area contributed by atoms with Crippen molar-refractivity contribution < 1.29 is 19.5 Å². The second-order valence-corrected chi connectivity index (χ2v) is 4.95. The largest absolute Gasteiger partial charge is 0.481 e. The number of rotatable bonds is 7. The monoisotopic (exact) mass is 259 g/mol. The SMILES string of the molecule is CC(CC(N)=O)NC(=O)NC(C)(C)CCC(=O)O. The molecule has 0 heterocycles. The Kier molecular flexibility index (Phi) is 6.15. The number of amides is 3. The van der Waals surface area contributed by atoms with E-state index in [2.05, 4.69) is 10.6 Å². The maximum atomic E-state index is 11.6. The summed E-state index contributed by atoms with van der Waals surface area (Å²) in [7, 11) is 0. The maximum Gasteiger partial charge on any atom is 0.315 e. The van der Waals surface area contributed by atoms with Crippen LogP contribution in [0.1, 0.15) is 40.0 Å². The number of urea groups is 1. The first-order valence-electron chi connectivity index (χ1n) is 5.71. The molecule has 1 unspecified atom stereocenters. The molecule has 0 aliphatic heterocycles. The number of carbonyl (C=O) groups is 3. The van der Waals surface area contributed by atoms with Crippen LogP contribution in [0, 0.1) is 0 Å². The van der Waals surface area contributed by atoms with E-state index in [-0.39, 0.29) is 18.9 Å². The van der Waals surface area contributed by atoms with E-state index >= 15 is 0 Å². The highest BCUT2D eigenvalue weighted by atomic mass is 16.4. The fourth-order valence-electron chi connectivity index (χ4n) is 1.40. The van der Waals surface area contributed by atoms with Crippen LogP contribution in [0.2, 0.25) is 0 Å². The Bertz CT molecular complexity index is 328. The van der Waals surface area contributed by atoms with Crippen LogP contribution in [-0.4, -0.2) is 34.6 Å². The summed E-state index contributed by atoms with van der Waals surface area (Å²) in [4.78, 5) is 32.7. The molecular weight excluding hydrogens is 238 g/mol. The normalized spacial score (nSPS) is 12.6. The first kappa shape index (κ1) is 16.2. The van der Waals surface area contributed by atoms with Gasteiger partial charge in [-0.15, -0.1) is 0 Å². The molecule has 7 nitrogen and oxygen atoms in total. The van der Waals surface area contributed by atoms with Crippen molar-refractivity contribution in [2.45, 2.75) is 51.6 Å². The number of hydrogen-bond donors (Lipinski definition) is 4. The van der Waals surface area contributed by atoms with E-state index < -0.39 is 23.4 Å². The summed E-state index contributed by atoms with van der Waals surface area (Å²) >= 11 is 0. The van der Waals surface area contributed by atoms with Gasteiger partial charge in [-0.1, -0.05) is 0 Å². The van der Waals surface area contributed by atoms with Crippen LogP contribution in [0.4, 0.5) is 4.79 Å². The molecule has 5 N–H and O–H groups in total. The molecule has 0 bridgehead atoms. The lowest BCUT2D eigenvalue weighted by Crippen LogP contribution is -2.51. The molecule has 0 spiro atoms. The molecule has 7 heteroatoms. The van der Waals surface area contributed by atoms with Crippen molar-refractivity contribution in [3.63, 3.8) is 0 Å². The Morgan fingerprint density at radius 3 is 2.33 bits per heavy atom. The Morgan fingerprint density at radius 1 is 1.33 bits per heavy atom. The van der Waals surface area contributed by atoms with Crippen LogP contribution >= 0.6 is 0 Å². The highest BCUT2D eigenvalue weighted by Crippen LogP contribution is 2.10. The van der Waals surface area contributed by atoms with Crippen molar-refractivity contribution in [3.8, 4) is 0 Å². The Morgan fingerprint density at radius 2 is 1.89 bits per heavy atom. The Balaban J connectivity index is 4.13. The van der Waals surface area contributed by atoms with Crippen molar-refractivity contribution in [2.75, 3.05) is 0 Å². The number of hydrogen-bond acceptors (Lipinski definition) is 3. The number of aliphatic carboxylic acids is 1. The van der Waals surface area contributed by atoms with Gasteiger partial charge < -0.3 is 21.5 Å². The van der Waals surface area contributed by atoms with E-state index in [0.717, 1.165) is 0 Å². The second-order valence-electron chi connectivity index (χ2n) is 4.95. The molecule has 0 aromatic heterocycles. The van der Waals surface area contributed by atoms with Gasteiger partial charge in [-0.25, -0.2) is 4.79 Å². The summed E-state index contributed by atoms with van der Waals surface area (Å²) in [5.74, 6) is -1.40. The van der Waals surface area contributed by atoms with Crippen molar-refractivity contribution in [2.24, 2.45) is 5.73 Å². The lowest BCUT2D eigenvalue weighted by Gasteiger charge is -2.26. The van der Waals surface area contributed by atoms with E-state index in [9.17, 15) is 14.4 Å². The molecule has 0 aromatic rings. The molecule has 3 amide bonds. The smallest absolute Gasteiger partial charge is 0.315 e. The van der Waals surface area contributed by atoms with E-state index in [1.165, 1.54) is 0 Å². The summed E-state index contributed by atoms with van der Waals surface area (Å²) in [5.41, 5.74) is 4.37. The molecule has 18 heavy (non-hydrogen) atoms. The molecule has 0 fully saturated rings. The van der Waals surface area contributed by atoms with Crippen LogP contribution in [0.25, 0.3) is 0 Å². The summed E-state index contributed by atoms with van der Waals surface area (Å²) in [6.45, 7) is 5.12. The standard InChI is InChI=1S/C11H21N3O4/c1-7(6-8(12)15)13-10(18)14-11(2,3)5-4-9(16)17/h7H,4-6H2,1-3H3,(H2,12,15)(H,16,17)(H2,13,14,18). The van der Waals surface area contributed by atoms with Crippen LogP contribution in [0.15, 0.2) is 0 Å². The number of primary amides is 1. The zero-order valence-electron chi connectivity index (χ0n) is 10.9. The fourth-order valence-corrected chi connectivity index (χ4v) is 1.40. The highest BCUT2D eigenvalue weighted by Gasteiger charge is 2.22. The molecule has 104 valence electrons. The average molecular weight is 259 g/mol. The summed E-state index contributed by atoms with van der Waals surface area (Å²) < 4.78 is 0. The summed E-state index contributed by atoms with van der Waals surface area (Å²) in [6, 6.07) is -0.808. The third-order valence-corrected chi connectivity index (χ3v) is 2.30. The molecule has 1 atom stereocenters. The summed E-state index contributed by atoms with van der Waals surface area (Å²) in [5, 5.41) is 13.8. The number of nitrogens with two attached hydrogens (primary N) is 1. The first-order chi connectivity index (χ1) is 8.12. The maximum absolute atomic E-state index is 11.6. The van der Waals surface area contributed by atoms with Gasteiger partial charge in [-0.3, -0.25) is 9.59 Å². The number of carboxylic acids is 1. The van der Waals surface area contributed by atoms with Gasteiger partial charge in [0.25, 0.3) is 0 Å². The van der Waals surface area contributed by atoms with Crippen molar-refractivity contribution in [3.05, 3.63) is 0 Å². The van der Waals surface area contributed by atoms with Crippen molar-refractivity contribution >= 4 is 17.9 Å². The molecular formula is C11H21N3O4. The topological polar surface area (TPSA) is 122 Å². The van der Waals surface area contributed by atoms with Gasteiger partial charge in [0.05, 0.1) is 0 Å². The van der Waals surface area contributed by atoms with Gasteiger partial charge in [0, 0.05) is 24.4 Å². The van der Waals surface area contributed by atoms with Crippen LogP contribution in [0.3, 0.4) is 0 Å². The Labute approximate surface area is 106 Å². The number of carboxylic acid groups (broad SMARTS) is 1. The zero-order valence-corrected chi connectivity index (χ0v) is 10.9. The first-order valence-corrected chi connectivity index (χ1v) is 5.71. The predicted molar refractivity (Wildman–Crippen MR) is 65.9 cm³/mol. The predicted octanol–water partition coefficient (Wildman–Crippen LogP) is 0.193. The fraction of sp³-hybridized carbons (Fsp3) is 0.727. The second kappa shape index (κ2) is 6.83. The minimum Gasteiger partial charge on any atom is -0.481 e. The minimum absolute atomic E-state index is 0.0237. The van der Waals surface area contributed by atoms with E-state index in [1.54, 1.807) is 20.8 Å². The van der Waals surface area contributed by atoms with Gasteiger partial charge in [0.1, 0.15) is 0 Å². The quantitative estimate of drug-likeness (QED) is 0.521. The highest BCUT2D eigenvalue weighted by molar-refractivity contribution is 5.78. The Hall–Kier alpha value is -1.79. The lowest BCUT2D eigenvalue weighted by atomic mass is 9.99. The van der Waals surface area contributed by atoms with Crippen molar-refractivity contribution in [1.82, 2.24) is 10.6 Å². The van der Waals surface area contributed by atoms with Gasteiger partial charge in [-0.05, 0) is 27.2 Å². The van der Waals surface area contributed by atoms with Gasteiger partial charge in [0.2, 0.25) is 5.91 Å². The zero-order chi connectivity index (χ0) is 14.3. The van der Waals surface area contributed by atoms with Gasteiger partial charge in [0.15, 0.2) is 0 Å². The number of nitrogens with one attached hydrogen (secondary N) is 2. The lowest BCUT2D eigenvalue weighted by molar-refractivity contribution is -0.137. The third-order valence-electron chi connectivity index (χ3n) is 2.30. The van der Waals surface area contributed by atoms with Crippen LogP contribution < -0.4 is 16.4 Å². The van der Waals surface area contributed by atoms with Gasteiger partial charge >= 0.3 is 12.0 Å². The molecule has 0 aliphatic rings. The average Bonchev–Trinajstić information content (AvgIpc) is 2.11. The van der Waals surface area contributed by atoms with E-state index in [4.69, 9.17) is 10.8 Å². The molecule has 0 rings (SSSR count). The van der Waals surface area contributed by atoms with Crippen molar-refractivity contribution in [1.29, 1.82) is 0 Å². The van der Waals surface area contributed by atoms with Crippen LogP contribution in [0.5, 0.6) is 0 Å². The molecule has 0 radical (unpaired) electrons. The van der Waals surface area contributed by atoms with E-state index in [0.29, 0.717) is 6.42 Å². The number of carbonyl (C=O) groups excluding carboxylic acids is 2. The molecule has 0 saturated carbocycles.